The molecule has 0 bridgehead atoms. The maximum atomic E-state index is 12.5. The van der Waals surface area contributed by atoms with Crippen LogP contribution in [0.3, 0.4) is 0 Å². The lowest BCUT2D eigenvalue weighted by Gasteiger charge is -2.32. The maximum absolute atomic E-state index is 12.5. The maximum Gasteiger partial charge on any atom is 0.320 e. The van der Waals surface area contributed by atoms with E-state index in [0.29, 0.717) is 19.4 Å². The molecule has 0 heterocycles. The first kappa shape index (κ1) is 14.6. The van der Waals surface area contributed by atoms with E-state index >= 15 is 0 Å². The number of ether oxygens (including phenoxy) is 2. The minimum absolute atomic E-state index is 0.296. The van der Waals surface area contributed by atoms with Gasteiger partial charge in [-0.05, 0) is 31.7 Å². The van der Waals surface area contributed by atoms with E-state index in [1.165, 1.54) is 6.92 Å². The lowest BCUT2D eigenvalue weighted by atomic mass is 9.77. The van der Waals surface area contributed by atoms with E-state index in [-0.39, 0.29) is 11.9 Å². The zero-order valence-corrected chi connectivity index (χ0v) is 11.9. The van der Waals surface area contributed by atoms with Crippen LogP contribution in [-0.4, -0.2) is 24.6 Å². The molecule has 4 nitrogen and oxygen atoms in total. The first-order valence-corrected chi connectivity index (χ1v) is 7.01. The monoisotopic (exact) mass is 276 g/mol. The molecule has 0 radical (unpaired) electrons. The van der Waals surface area contributed by atoms with Gasteiger partial charge in [-0.1, -0.05) is 30.3 Å². The molecule has 2 atom stereocenters. The van der Waals surface area contributed by atoms with Crippen LogP contribution in [0.25, 0.3) is 0 Å². The molecule has 0 aliphatic heterocycles. The molecule has 0 N–H and O–H groups in total. The van der Waals surface area contributed by atoms with Gasteiger partial charge in [-0.2, -0.15) is 0 Å². The van der Waals surface area contributed by atoms with Crippen molar-refractivity contribution in [3.05, 3.63) is 35.9 Å². The Morgan fingerprint density at radius 3 is 2.60 bits per heavy atom. The van der Waals surface area contributed by atoms with Crippen LogP contribution in [0.15, 0.2) is 30.3 Å². The summed E-state index contributed by atoms with van der Waals surface area (Å²) in [7, 11) is 0. The molecule has 1 aliphatic rings. The fourth-order valence-electron chi connectivity index (χ4n) is 3.01. The quantitative estimate of drug-likeness (QED) is 0.793. The van der Waals surface area contributed by atoms with Gasteiger partial charge in [-0.15, -0.1) is 0 Å². The van der Waals surface area contributed by atoms with Crippen LogP contribution in [0.1, 0.15) is 38.7 Å². The molecule has 1 fully saturated rings. The molecule has 0 spiro atoms. The van der Waals surface area contributed by atoms with E-state index in [2.05, 4.69) is 0 Å². The molecule has 0 aromatic heterocycles. The van der Waals surface area contributed by atoms with Crippen molar-refractivity contribution in [2.45, 2.75) is 44.6 Å². The highest BCUT2D eigenvalue weighted by atomic mass is 16.6. The molecule has 108 valence electrons. The van der Waals surface area contributed by atoms with Crippen molar-refractivity contribution in [1.29, 1.82) is 0 Å². The van der Waals surface area contributed by atoms with Gasteiger partial charge in [0.25, 0.3) is 0 Å². The van der Waals surface area contributed by atoms with Crippen LogP contribution in [-0.2, 0) is 24.5 Å². The highest BCUT2D eigenvalue weighted by Crippen LogP contribution is 2.44. The van der Waals surface area contributed by atoms with Gasteiger partial charge < -0.3 is 9.47 Å². The highest BCUT2D eigenvalue weighted by molar-refractivity contribution is 5.85. The third-order valence-electron chi connectivity index (χ3n) is 3.82. The van der Waals surface area contributed by atoms with Gasteiger partial charge >= 0.3 is 11.9 Å². The predicted octanol–water partition coefficient (Wildman–Crippen LogP) is 2.60. The Bertz CT molecular complexity index is 483. The Morgan fingerprint density at radius 1 is 1.30 bits per heavy atom. The number of carbonyl (C=O) groups is 2. The van der Waals surface area contributed by atoms with E-state index < -0.39 is 11.5 Å². The molecule has 20 heavy (non-hydrogen) atoms. The van der Waals surface area contributed by atoms with E-state index in [9.17, 15) is 9.59 Å². The van der Waals surface area contributed by atoms with E-state index in [1.807, 2.05) is 30.3 Å². The average molecular weight is 276 g/mol. The Labute approximate surface area is 119 Å². The number of carbonyl (C=O) groups excluding carboxylic acids is 2. The van der Waals surface area contributed by atoms with Gasteiger partial charge in [-0.3, -0.25) is 9.59 Å². The second-order valence-electron chi connectivity index (χ2n) is 5.05. The molecule has 0 amide bonds. The largest absolute Gasteiger partial charge is 0.465 e. The van der Waals surface area contributed by atoms with Gasteiger partial charge in [0.15, 0.2) is 0 Å². The Morgan fingerprint density at radius 2 is 2.00 bits per heavy atom. The summed E-state index contributed by atoms with van der Waals surface area (Å²) < 4.78 is 10.7. The second-order valence-corrected chi connectivity index (χ2v) is 5.05. The summed E-state index contributed by atoms with van der Waals surface area (Å²) in [5.74, 6) is -0.656. The van der Waals surface area contributed by atoms with Crippen molar-refractivity contribution < 1.29 is 19.1 Å². The van der Waals surface area contributed by atoms with Gasteiger partial charge in [0.1, 0.15) is 11.5 Å². The number of esters is 2. The molecule has 1 aromatic rings. The summed E-state index contributed by atoms with van der Waals surface area (Å²) in [5, 5.41) is 0. The molecule has 1 aliphatic carbocycles. The molecule has 0 saturated heterocycles. The predicted molar refractivity (Wildman–Crippen MR) is 74.2 cm³/mol. The molecule has 1 aromatic carbocycles. The molecule has 2 unspecified atom stereocenters. The second kappa shape index (κ2) is 6.07. The summed E-state index contributed by atoms with van der Waals surface area (Å²) in [5.41, 5.74) is 0.00495. The smallest absolute Gasteiger partial charge is 0.320 e. The standard InChI is InChI=1S/C16H20O4/c1-3-19-15(18)16(13-8-5-4-6-9-13)11-7-10-14(16)20-12(2)17/h4-6,8-9,14H,3,7,10-11H2,1-2H3. The topological polar surface area (TPSA) is 52.6 Å². The third-order valence-corrected chi connectivity index (χ3v) is 3.82. The van der Waals surface area contributed by atoms with Crippen LogP contribution < -0.4 is 0 Å². The zero-order valence-electron chi connectivity index (χ0n) is 11.9. The summed E-state index contributed by atoms with van der Waals surface area (Å²) in [6.07, 6.45) is 1.73. The summed E-state index contributed by atoms with van der Waals surface area (Å²) in [4.78, 5) is 23.9. The Kier molecular flexibility index (Phi) is 4.42. The molecular formula is C16H20O4. The summed E-state index contributed by atoms with van der Waals surface area (Å²) in [6.45, 7) is 3.48. The first-order chi connectivity index (χ1) is 9.61. The molecule has 1 saturated carbocycles. The first-order valence-electron chi connectivity index (χ1n) is 7.01. The average Bonchev–Trinajstić information content (AvgIpc) is 2.84. The summed E-state index contributed by atoms with van der Waals surface area (Å²) >= 11 is 0. The van der Waals surface area contributed by atoms with Crippen LogP contribution >= 0.6 is 0 Å². The van der Waals surface area contributed by atoms with Gasteiger partial charge in [0, 0.05) is 6.92 Å². The van der Waals surface area contributed by atoms with E-state index in [0.717, 1.165) is 12.0 Å². The minimum atomic E-state index is -0.858. The number of hydrogen-bond acceptors (Lipinski definition) is 4. The van der Waals surface area contributed by atoms with Crippen LogP contribution in [0.4, 0.5) is 0 Å². The van der Waals surface area contributed by atoms with Crippen molar-refractivity contribution in [1.82, 2.24) is 0 Å². The van der Waals surface area contributed by atoms with Gasteiger partial charge in [-0.25, -0.2) is 0 Å². The fourth-order valence-corrected chi connectivity index (χ4v) is 3.01. The lowest BCUT2D eigenvalue weighted by molar-refractivity contribution is -0.161. The number of hydrogen-bond donors (Lipinski definition) is 0. The van der Waals surface area contributed by atoms with Crippen molar-refractivity contribution >= 4 is 11.9 Å². The van der Waals surface area contributed by atoms with Crippen LogP contribution in [0.5, 0.6) is 0 Å². The fraction of sp³-hybridized carbons (Fsp3) is 0.500. The normalized spacial score (nSPS) is 25.2. The van der Waals surface area contributed by atoms with Crippen molar-refractivity contribution in [2.24, 2.45) is 0 Å². The van der Waals surface area contributed by atoms with E-state index in [4.69, 9.17) is 9.47 Å². The molecule has 2 rings (SSSR count). The van der Waals surface area contributed by atoms with Crippen molar-refractivity contribution in [2.75, 3.05) is 6.61 Å². The molecular weight excluding hydrogens is 256 g/mol. The van der Waals surface area contributed by atoms with E-state index in [1.54, 1.807) is 6.92 Å². The molecule has 4 heteroatoms. The van der Waals surface area contributed by atoms with Gasteiger partial charge in [0.05, 0.1) is 6.61 Å². The van der Waals surface area contributed by atoms with Crippen molar-refractivity contribution in [3.8, 4) is 0 Å². The van der Waals surface area contributed by atoms with Crippen LogP contribution in [0, 0.1) is 0 Å². The van der Waals surface area contributed by atoms with Crippen molar-refractivity contribution in [3.63, 3.8) is 0 Å². The third kappa shape index (κ3) is 2.55. The Hall–Kier alpha value is -1.84. The lowest BCUT2D eigenvalue weighted by Crippen LogP contribution is -2.46. The van der Waals surface area contributed by atoms with Gasteiger partial charge in [0.2, 0.25) is 0 Å². The Balaban J connectivity index is 2.43. The number of benzene rings is 1. The SMILES string of the molecule is CCOC(=O)C1(c2ccccc2)CCCC1OC(C)=O. The van der Waals surface area contributed by atoms with Crippen LogP contribution in [0.2, 0.25) is 0 Å². The summed E-state index contributed by atoms with van der Waals surface area (Å²) in [6, 6.07) is 9.48. The minimum Gasteiger partial charge on any atom is -0.465 e. The highest BCUT2D eigenvalue weighted by Gasteiger charge is 2.53. The zero-order chi connectivity index (χ0) is 14.6. The number of rotatable bonds is 4.